The van der Waals surface area contributed by atoms with Crippen LogP contribution in [0, 0.1) is 5.92 Å². The summed E-state index contributed by atoms with van der Waals surface area (Å²) in [5.41, 5.74) is 3.65. The SMILES string of the molecule is CC(C)Cc1ccc(-c2csc(NC(C)C)n2)cc1. The number of nitrogens with one attached hydrogen (secondary N) is 1. The van der Waals surface area contributed by atoms with Gasteiger partial charge in [0, 0.05) is 17.0 Å². The molecule has 19 heavy (non-hydrogen) atoms. The van der Waals surface area contributed by atoms with Crippen molar-refractivity contribution < 1.29 is 0 Å². The first-order valence-electron chi connectivity index (χ1n) is 6.86. The predicted molar refractivity (Wildman–Crippen MR) is 84.9 cm³/mol. The summed E-state index contributed by atoms with van der Waals surface area (Å²) in [6.07, 6.45) is 1.14. The molecule has 2 nitrogen and oxygen atoms in total. The van der Waals surface area contributed by atoms with Crippen molar-refractivity contribution >= 4 is 16.5 Å². The van der Waals surface area contributed by atoms with Gasteiger partial charge >= 0.3 is 0 Å². The second kappa shape index (κ2) is 6.20. The highest BCUT2D eigenvalue weighted by Gasteiger charge is 2.06. The molecule has 0 fully saturated rings. The van der Waals surface area contributed by atoms with E-state index < -0.39 is 0 Å². The van der Waals surface area contributed by atoms with Gasteiger partial charge in [-0.2, -0.15) is 0 Å². The number of benzene rings is 1. The highest BCUT2D eigenvalue weighted by Crippen LogP contribution is 2.25. The van der Waals surface area contributed by atoms with Crippen molar-refractivity contribution in [1.29, 1.82) is 0 Å². The van der Waals surface area contributed by atoms with Crippen LogP contribution in [-0.4, -0.2) is 11.0 Å². The van der Waals surface area contributed by atoms with Crippen LogP contribution in [0.25, 0.3) is 11.3 Å². The number of anilines is 1. The lowest BCUT2D eigenvalue weighted by Gasteiger charge is -2.06. The summed E-state index contributed by atoms with van der Waals surface area (Å²) in [4.78, 5) is 4.62. The van der Waals surface area contributed by atoms with Crippen LogP contribution in [0.1, 0.15) is 33.3 Å². The first-order chi connectivity index (χ1) is 9.04. The van der Waals surface area contributed by atoms with Crippen molar-refractivity contribution in [2.24, 2.45) is 5.92 Å². The Kier molecular flexibility index (Phi) is 4.59. The Bertz CT molecular complexity index is 512. The molecule has 0 aliphatic heterocycles. The summed E-state index contributed by atoms with van der Waals surface area (Å²) < 4.78 is 0. The third-order valence-corrected chi connectivity index (χ3v) is 3.58. The molecule has 102 valence electrons. The van der Waals surface area contributed by atoms with E-state index >= 15 is 0 Å². The highest BCUT2D eigenvalue weighted by atomic mass is 32.1. The van der Waals surface area contributed by atoms with Crippen LogP contribution in [0.15, 0.2) is 29.6 Å². The predicted octanol–water partition coefficient (Wildman–Crippen LogP) is 4.83. The van der Waals surface area contributed by atoms with Gasteiger partial charge in [-0.1, -0.05) is 38.1 Å². The van der Waals surface area contributed by atoms with Crippen molar-refractivity contribution in [3.63, 3.8) is 0 Å². The second-order valence-corrected chi connectivity index (χ2v) is 6.49. The molecule has 0 atom stereocenters. The zero-order valence-corrected chi connectivity index (χ0v) is 12.9. The van der Waals surface area contributed by atoms with E-state index in [1.165, 1.54) is 11.1 Å². The molecule has 0 unspecified atom stereocenters. The van der Waals surface area contributed by atoms with Gasteiger partial charge < -0.3 is 5.32 Å². The summed E-state index contributed by atoms with van der Waals surface area (Å²) in [5.74, 6) is 0.701. The lowest BCUT2D eigenvalue weighted by atomic mass is 10.0. The summed E-state index contributed by atoms with van der Waals surface area (Å²) in [6, 6.07) is 9.19. The van der Waals surface area contributed by atoms with E-state index in [0.717, 1.165) is 17.2 Å². The molecule has 0 aliphatic carbocycles. The number of thiazole rings is 1. The van der Waals surface area contributed by atoms with Crippen LogP contribution in [-0.2, 0) is 6.42 Å². The average Bonchev–Trinajstić information content (AvgIpc) is 2.76. The Balaban J connectivity index is 2.11. The van der Waals surface area contributed by atoms with Crippen molar-refractivity contribution in [3.05, 3.63) is 35.2 Å². The van der Waals surface area contributed by atoms with Crippen molar-refractivity contribution in [2.45, 2.75) is 40.2 Å². The lowest BCUT2D eigenvalue weighted by molar-refractivity contribution is 0.647. The van der Waals surface area contributed by atoms with Gasteiger partial charge in [0.15, 0.2) is 5.13 Å². The molecule has 2 aromatic rings. The summed E-state index contributed by atoms with van der Waals surface area (Å²) >= 11 is 1.67. The Morgan fingerprint density at radius 2 is 1.79 bits per heavy atom. The number of hydrogen-bond acceptors (Lipinski definition) is 3. The Hall–Kier alpha value is -1.35. The lowest BCUT2D eigenvalue weighted by Crippen LogP contribution is -2.08. The quantitative estimate of drug-likeness (QED) is 0.844. The van der Waals surface area contributed by atoms with E-state index in [1.54, 1.807) is 11.3 Å². The monoisotopic (exact) mass is 274 g/mol. The van der Waals surface area contributed by atoms with E-state index in [4.69, 9.17) is 0 Å². The Labute approximate surface area is 119 Å². The van der Waals surface area contributed by atoms with Gasteiger partial charge in [0.2, 0.25) is 0 Å². The molecule has 0 bridgehead atoms. The van der Waals surface area contributed by atoms with Crippen LogP contribution in [0.2, 0.25) is 0 Å². The van der Waals surface area contributed by atoms with Gasteiger partial charge in [-0.3, -0.25) is 0 Å². The van der Waals surface area contributed by atoms with Gasteiger partial charge in [0.1, 0.15) is 0 Å². The van der Waals surface area contributed by atoms with Crippen molar-refractivity contribution in [3.8, 4) is 11.3 Å². The molecule has 1 N–H and O–H groups in total. The fourth-order valence-electron chi connectivity index (χ4n) is 2.00. The molecule has 0 spiro atoms. The minimum Gasteiger partial charge on any atom is -0.359 e. The molecule has 0 radical (unpaired) electrons. The smallest absolute Gasteiger partial charge is 0.183 e. The Morgan fingerprint density at radius 3 is 2.37 bits per heavy atom. The maximum atomic E-state index is 4.62. The Morgan fingerprint density at radius 1 is 1.11 bits per heavy atom. The normalized spacial score (nSPS) is 11.3. The average molecular weight is 274 g/mol. The standard InChI is InChI=1S/C16H22N2S/c1-11(2)9-13-5-7-14(8-6-13)15-10-19-16(18-15)17-12(3)4/h5-8,10-12H,9H2,1-4H3,(H,17,18). The van der Waals surface area contributed by atoms with Gasteiger partial charge in [-0.25, -0.2) is 4.98 Å². The van der Waals surface area contributed by atoms with Gasteiger partial charge in [-0.05, 0) is 31.7 Å². The molecule has 0 saturated carbocycles. The van der Waals surface area contributed by atoms with E-state index in [2.05, 4.69) is 67.6 Å². The fraction of sp³-hybridized carbons (Fsp3) is 0.438. The second-order valence-electron chi connectivity index (χ2n) is 5.63. The molecule has 0 amide bonds. The largest absolute Gasteiger partial charge is 0.359 e. The van der Waals surface area contributed by atoms with Crippen LogP contribution in [0.5, 0.6) is 0 Å². The molecule has 1 aromatic carbocycles. The molecular formula is C16H22N2S. The van der Waals surface area contributed by atoms with Crippen LogP contribution in [0.4, 0.5) is 5.13 Å². The van der Waals surface area contributed by atoms with Gasteiger partial charge in [-0.15, -0.1) is 11.3 Å². The molecule has 1 aromatic heterocycles. The molecule has 0 aliphatic rings. The topological polar surface area (TPSA) is 24.9 Å². The zero-order valence-electron chi connectivity index (χ0n) is 12.1. The maximum absolute atomic E-state index is 4.62. The molecule has 3 heteroatoms. The van der Waals surface area contributed by atoms with Crippen molar-refractivity contribution in [2.75, 3.05) is 5.32 Å². The molecular weight excluding hydrogens is 252 g/mol. The van der Waals surface area contributed by atoms with Gasteiger partial charge in [0.25, 0.3) is 0 Å². The maximum Gasteiger partial charge on any atom is 0.183 e. The third-order valence-electron chi connectivity index (χ3n) is 2.81. The summed E-state index contributed by atoms with van der Waals surface area (Å²) in [6.45, 7) is 8.75. The third kappa shape index (κ3) is 4.06. The number of nitrogens with zero attached hydrogens (tertiary/aromatic N) is 1. The number of aromatic nitrogens is 1. The first kappa shape index (κ1) is 14.1. The number of hydrogen-bond donors (Lipinski definition) is 1. The minimum atomic E-state index is 0.424. The van der Waals surface area contributed by atoms with Crippen LogP contribution < -0.4 is 5.32 Å². The molecule has 1 heterocycles. The number of rotatable bonds is 5. The van der Waals surface area contributed by atoms with E-state index in [1.807, 2.05) is 0 Å². The van der Waals surface area contributed by atoms with E-state index in [-0.39, 0.29) is 0 Å². The van der Waals surface area contributed by atoms with Gasteiger partial charge in [0.05, 0.1) is 5.69 Å². The molecule has 0 saturated heterocycles. The first-order valence-corrected chi connectivity index (χ1v) is 7.74. The van der Waals surface area contributed by atoms with Crippen LogP contribution in [0.3, 0.4) is 0 Å². The fourth-order valence-corrected chi connectivity index (χ4v) is 2.87. The van der Waals surface area contributed by atoms with Crippen LogP contribution >= 0.6 is 11.3 Å². The van der Waals surface area contributed by atoms with E-state index in [0.29, 0.717) is 12.0 Å². The summed E-state index contributed by atoms with van der Waals surface area (Å²) in [7, 11) is 0. The highest BCUT2D eigenvalue weighted by molar-refractivity contribution is 7.14. The molecule has 2 rings (SSSR count). The minimum absolute atomic E-state index is 0.424. The van der Waals surface area contributed by atoms with E-state index in [9.17, 15) is 0 Å². The summed E-state index contributed by atoms with van der Waals surface area (Å²) in [5, 5.41) is 6.45. The van der Waals surface area contributed by atoms with Crippen molar-refractivity contribution in [1.82, 2.24) is 4.98 Å². The zero-order chi connectivity index (χ0) is 13.8.